The number of nitrogens with zero attached hydrogens (tertiary/aromatic N) is 4. The zero-order valence-corrected chi connectivity index (χ0v) is 25.2. The molecule has 3 aromatic rings. The number of likely N-dealkylation sites (tertiary alicyclic amines) is 2. The van der Waals surface area contributed by atoms with E-state index in [2.05, 4.69) is 33.5 Å². The Hall–Kier alpha value is -4.37. The lowest BCUT2D eigenvalue weighted by Gasteiger charge is -2.25. The number of aromatic nitrogens is 1. The van der Waals surface area contributed by atoms with Crippen LogP contribution in [0, 0.1) is 25.7 Å². The fraction of sp³-hybridized carbons (Fsp3) is 0.433. The van der Waals surface area contributed by atoms with Crippen LogP contribution in [0.15, 0.2) is 39.9 Å². The summed E-state index contributed by atoms with van der Waals surface area (Å²) in [4.78, 5) is 47.9. The predicted octanol–water partition coefficient (Wildman–Crippen LogP) is 4.12. The number of nitrogens with two attached hydrogens (primary N) is 1. The van der Waals surface area contributed by atoms with Gasteiger partial charge < -0.3 is 30.6 Å². The van der Waals surface area contributed by atoms with Gasteiger partial charge in [0.1, 0.15) is 16.2 Å². The molecular formula is C30H39N7O4S. The van der Waals surface area contributed by atoms with Crippen LogP contribution in [0.3, 0.4) is 0 Å². The van der Waals surface area contributed by atoms with Gasteiger partial charge in [0.25, 0.3) is 5.91 Å². The first kappa shape index (κ1) is 32.1. The second kappa shape index (κ2) is 15.6. The van der Waals surface area contributed by atoms with Crippen molar-refractivity contribution in [3.05, 3.63) is 41.1 Å². The summed E-state index contributed by atoms with van der Waals surface area (Å²) < 4.78 is 5.52. The number of guanidine groups is 1. The molecule has 4 N–H and O–H groups in total. The summed E-state index contributed by atoms with van der Waals surface area (Å²) in [6.45, 7) is 6.66. The van der Waals surface area contributed by atoms with E-state index in [1.54, 1.807) is 11.9 Å². The number of benzene rings is 1. The van der Waals surface area contributed by atoms with Crippen LogP contribution in [-0.4, -0.2) is 71.7 Å². The van der Waals surface area contributed by atoms with Gasteiger partial charge in [-0.1, -0.05) is 24.7 Å². The number of rotatable bonds is 5. The molecule has 2 aliphatic rings. The van der Waals surface area contributed by atoms with Crippen molar-refractivity contribution in [3.8, 4) is 12.8 Å². The number of carbonyl (C=O) groups excluding carboxylic acids is 3. The molecule has 4 heterocycles. The molecule has 0 aliphatic carbocycles. The van der Waals surface area contributed by atoms with E-state index in [1.165, 1.54) is 6.20 Å². The third kappa shape index (κ3) is 8.81. The van der Waals surface area contributed by atoms with Crippen LogP contribution in [0.1, 0.15) is 54.5 Å². The lowest BCUT2D eigenvalue weighted by Crippen LogP contribution is -2.43. The highest BCUT2D eigenvalue weighted by Gasteiger charge is 2.27. The van der Waals surface area contributed by atoms with Gasteiger partial charge >= 0.3 is 0 Å². The van der Waals surface area contributed by atoms with Gasteiger partial charge in [-0.25, -0.2) is 4.98 Å². The summed E-state index contributed by atoms with van der Waals surface area (Å²) in [6, 6.07) is 7.59. The second-order valence-corrected chi connectivity index (χ2v) is 11.1. The molecule has 2 fully saturated rings. The maximum Gasteiger partial charge on any atom is 0.262 e. The number of aliphatic imine (C=N–C) groups is 1. The minimum absolute atomic E-state index is 0.0869. The van der Waals surface area contributed by atoms with E-state index in [4.69, 9.17) is 10.2 Å². The first-order valence-electron chi connectivity index (χ1n) is 13.9. The third-order valence-corrected chi connectivity index (χ3v) is 7.80. The summed E-state index contributed by atoms with van der Waals surface area (Å²) >= 11 is 1.16. The number of nitrogens with one attached hydrogen (secondary N) is 2. The Kier molecular flexibility index (Phi) is 11.9. The average molecular weight is 594 g/mol. The molecule has 2 saturated heterocycles. The van der Waals surface area contributed by atoms with Crippen molar-refractivity contribution in [1.82, 2.24) is 20.1 Å². The van der Waals surface area contributed by atoms with Gasteiger partial charge in [0.15, 0.2) is 0 Å². The summed E-state index contributed by atoms with van der Waals surface area (Å²) in [5.74, 6) is 1.23. The monoisotopic (exact) mass is 593 g/mol. The molecule has 1 aromatic carbocycles. The molecule has 11 nitrogen and oxygen atoms in total. The number of hydrogen-bond donors (Lipinski definition) is 3. The number of aryl methyl sites for hydroxylation is 1. The highest BCUT2D eigenvalue weighted by molar-refractivity contribution is 7.17. The van der Waals surface area contributed by atoms with Gasteiger partial charge in [-0.2, -0.15) is 4.99 Å². The lowest BCUT2D eigenvalue weighted by molar-refractivity contribution is -0.141. The van der Waals surface area contributed by atoms with E-state index < -0.39 is 0 Å². The van der Waals surface area contributed by atoms with Crippen molar-refractivity contribution < 1.29 is 18.8 Å². The van der Waals surface area contributed by atoms with Gasteiger partial charge in [-0.3, -0.25) is 14.4 Å². The molecule has 0 bridgehead atoms. The minimum Gasteiger partial charge on any atom is -0.461 e. The van der Waals surface area contributed by atoms with Crippen LogP contribution in [-0.2, 0) is 9.59 Å². The third-order valence-electron chi connectivity index (χ3n) is 6.91. The van der Waals surface area contributed by atoms with E-state index in [-0.39, 0.29) is 29.6 Å². The van der Waals surface area contributed by atoms with Gasteiger partial charge in [0.2, 0.25) is 22.9 Å². The molecule has 0 radical (unpaired) electrons. The number of fused-ring (bicyclic) bond motifs is 1. The molecule has 1 unspecified atom stereocenters. The maximum atomic E-state index is 12.1. The number of hydrogen-bond acceptors (Lipinski definition) is 7. The van der Waals surface area contributed by atoms with Crippen LogP contribution in [0.5, 0.6) is 0 Å². The SMILES string of the molecule is C#C.CC1CCCCN(CC(=O)N2CCCC2)C1=O.CNC(=O)c1cnc(N=C(N)Nc2ccc3oc(C)cc3c2)s1. The van der Waals surface area contributed by atoms with E-state index in [0.29, 0.717) is 16.6 Å². The van der Waals surface area contributed by atoms with Gasteiger partial charge in [0.05, 0.1) is 12.7 Å². The summed E-state index contributed by atoms with van der Waals surface area (Å²) in [5.41, 5.74) is 7.50. The van der Waals surface area contributed by atoms with Crippen molar-refractivity contribution in [3.63, 3.8) is 0 Å². The minimum atomic E-state index is -0.198. The normalized spacial score (nSPS) is 17.0. The van der Waals surface area contributed by atoms with Gasteiger partial charge in [-0.05, 0) is 56.9 Å². The van der Waals surface area contributed by atoms with Crippen molar-refractivity contribution in [2.75, 3.05) is 38.5 Å². The Balaban J connectivity index is 0.000000227. The van der Waals surface area contributed by atoms with Crippen LogP contribution >= 0.6 is 11.3 Å². The molecule has 2 aromatic heterocycles. The first-order valence-corrected chi connectivity index (χ1v) is 14.7. The summed E-state index contributed by atoms with van der Waals surface area (Å²) in [6.07, 6.45) is 14.8. The molecule has 224 valence electrons. The Morgan fingerprint density at radius 3 is 2.60 bits per heavy atom. The Morgan fingerprint density at radius 1 is 1.17 bits per heavy atom. The fourth-order valence-electron chi connectivity index (χ4n) is 4.76. The van der Waals surface area contributed by atoms with E-state index in [0.717, 1.165) is 85.5 Å². The lowest BCUT2D eigenvalue weighted by atomic mass is 10.1. The highest BCUT2D eigenvalue weighted by atomic mass is 32.1. The molecule has 12 heteroatoms. The average Bonchev–Trinajstić information content (AvgIpc) is 3.74. The van der Waals surface area contributed by atoms with Gasteiger partial charge in [0, 0.05) is 43.7 Å². The van der Waals surface area contributed by atoms with E-state index >= 15 is 0 Å². The maximum absolute atomic E-state index is 12.1. The second-order valence-electron chi connectivity index (χ2n) is 10.1. The van der Waals surface area contributed by atoms with Crippen LogP contribution in [0.2, 0.25) is 0 Å². The Labute approximate surface area is 250 Å². The quantitative estimate of drug-likeness (QED) is 0.229. The van der Waals surface area contributed by atoms with Crippen molar-refractivity contribution in [2.45, 2.75) is 46.0 Å². The molecule has 2 aliphatic heterocycles. The number of thiazole rings is 1. The summed E-state index contributed by atoms with van der Waals surface area (Å²) in [5, 5.41) is 6.92. The molecule has 5 rings (SSSR count). The zero-order valence-electron chi connectivity index (χ0n) is 24.4. The summed E-state index contributed by atoms with van der Waals surface area (Å²) in [7, 11) is 1.56. The molecule has 42 heavy (non-hydrogen) atoms. The topological polar surface area (TPSA) is 146 Å². The van der Waals surface area contributed by atoms with Crippen molar-refractivity contribution in [1.29, 1.82) is 0 Å². The van der Waals surface area contributed by atoms with Crippen LogP contribution in [0.25, 0.3) is 11.0 Å². The number of amides is 3. The molecule has 1 atom stereocenters. The molecule has 3 amide bonds. The first-order chi connectivity index (χ1) is 20.2. The van der Waals surface area contributed by atoms with Crippen molar-refractivity contribution in [2.24, 2.45) is 16.6 Å². The highest BCUT2D eigenvalue weighted by Crippen LogP contribution is 2.24. The standard InChI is InChI=1S/C15H15N5O2S.C13H22N2O2.C2H2/c1-8-5-9-6-10(3-4-11(9)22-8)19-14(16)20-15-18-7-12(23-15)13(21)17-2;1-11-6-2-3-9-15(13(11)17)10-12(16)14-7-4-5-8-14;1-2/h3-7H,1-2H3,(H,17,21)(H3,16,18,19,20);11H,2-10H2,1H3;1-2H. The number of anilines is 1. The van der Waals surface area contributed by atoms with Crippen LogP contribution in [0.4, 0.5) is 10.8 Å². The number of carbonyl (C=O) groups is 3. The smallest absolute Gasteiger partial charge is 0.262 e. The molecule has 0 spiro atoms. The van der Waals surface area contributed by atoms with Gasteiger partial charge in [-0.15, -0.1) is 12.8 Å². The Morgan fingerprint density at radius 2 is 1.88 bits per heavy atom. The van der Waals surface area contributed by atoms with E-state index in [1.807, 2.05) is 43.0 Å². The molecular weight excluding hydrogens is 554 g/mol. The zero-order chi connectivity index (χ0) is 30.6. The van der Waals surface area contributed by atoms with Crippen molar-refractivity contribution >= 4 is 56.8 Å². The van der Waals surface area contributed by atoms with E-state index in [9.17, 15) is 14.4 Å². The number of furan rings is 1. The van der Waals surface area contributed by atoms with Crippen LogP contribution < -0.4 is 16.4 Å². The predicted molar refractivity (Wildman–Crippen MR) is 167 cm³/mol. The fourth-order valence-corrected chi connectivity index (χ4v) is 5.51. The Bertz CT molecular complexity index is 1420. The molecule has 0 saturated carbocycles. The largest absolute Gasteiger partial charge is 0.461 e. The number of terminal acetylenes is 1.